The molecule has 1 aromatic rings. The second kappa shape index (κ2) is 14.9. The fourth-order valence-corrected chi connectivity index (χ4v) is 3.39. The summed E-state index contributed by atoms with van der Waals surface area (Å²) >= 11 is 0. The van der Waals surface area contributed by atoms with Crippen LogP contribution in [0.25, 0.3) is 0 Å². The Balaban J connectivity index is 0.00000625. The minimum Gasteiger partial charge on any atom is -0.748 e. The Bertz CT molecular complexity index is 587. The molecule has 0 radical (unpaired) electrons. The first kappa shape index (κ1) is 25.9. The summed E-state index contributed by atoms with van der Waals surface area (Å²) in [5, 5.41) is 0. The Kier molecular flexibility index (Phi) is 14.9. The van der Waals surface area contributed by atoms with Crippen molar-refractivity contribution in [1.29, 1.82) is 0 Å². The average molecular weight is 393 g/mol. The minimum absolute atomic E-state index is 0. The Morgan fingerprint density at radius 3 is 2.19 bits per heavy atom. The molecule has 26 heavy (non-hydrogen) atoms. The summed E-state index contributed by atoms with van der Waals surface area (Å²) in [7, 11) is -4.11. The van der Waals surface area contributed by atoms with E-state index in [2.05, 4.69) is 26.0 Å². The molecule has 0 aliphatic rings. The topological polar surface area (TPSA) is 66.4 Å². The number of benzene rings is 1. The van der Waals surface area contributed by atoms with Crippen LogP contribution in [0.4, 0.5) is 0 Å². The van der Waals surface area contributed by atoms with Crippen molar-refractivity contribution >= 4 is 10.1 Å². The van der Waals surface area contributed by atoms with Crippen LogP contribution in [0.3, 0.4) is 0 Å². The number of ether oxygens (including phenoxy) is 1. The first-order valence-electron chi connectivity index (χ1n) is 9.64. The van der Waals surface area contributed by atoms with Gasteiger partial charge in [-0.05, 0) is 55.7 Å². The molecule has 1 rings (SSSR count). The number of aryl methyl sites for hydroxylation is 2. The molecule has 0 atom stereocenters. The van der Waals surface area contributed by atoms with Gasteiger partial charge in [0.25, 0.3) is 0 Å². The number of rotatable bonds is 14. The summed E-state index contributed by atoms with van der Waals surface area (Å²) in [5.74, 6) is 0.594. The zero-order valence-corrected chi connectivity index (χ0v) is 19.6. The molecule has 0 aromatic heterocycles. The predicted octanol–water partition coefficient (Wildman–Crippen LogP) is 1.86. The standard InChI is InChI=1S/C20H34O4S.Na/c1-3-5-7-11-18-13-14-20(19(17-18)12-8-6-4-2)24-15-9-10-16-25(21,22)23;/h13-14,17H,3-12,15-16H2,1-2H3,(H,21,22,23);/q;+1/p-1. The molecule has 0 fully saturated rings. The molecule has 0 spiro atoms. The Morgan fingerprint density at radius 1 is 0.923 bits per heavy atom. The summed E-state index contributed by atoms with van der Waals surface area (Å²) in [5.41, 5.74) is 2.61. The molecule has 0 saturated carbocycles. The molecule has 0 aliphatic carbocycles. The molecular formula is C20H33NaO4S. The summed E-state index contributed by atoms with van der Waals surface area (Å²) in [4.78, 5) is 0. The summed E-state index contributed by atoms with van der Waals surface area (Å²) in [6, 6.07) is 6.45. The molecule has 0 amide bonds. The number of hydrogen-bond acceptors (Lipinski definition) is 4. The van der Waals surface area contributed by atoms with Gasteiger partial charge in [0.05, 0.1) is 16.7 Å². The van der Waals surface area contributed by atoms with E-state index in [1.165, 1.54) is 43.2 Å². The van der Waals surface area contributed by atoms with E-state index >= 15 is 0 Å². The van der Waals surface area contributed by atoms with Crippen LogP contribution < -0.4 is 34.3 Å². The monoisotopic (exact) mass is 392 g/mol. The third-order valence-corrected chi connectivity index (χ3v) is 5.08. The van der Waals surface area contributed by atoms with E-state index in [1.807, 2.05) is 6.07 Å². The quantitative estimate of drug-likeness (QED) is 0.275. The van der Waals surface area contributed by atoms with Crippen molar-refractivity contribution in [2.24, 2.45) is 0 Å². The molecule has 1 aromatic carbocycles. The molecule has 144 valence electrons. The summed E-state index contributed by atoms with van der Waals surface area (Å²) < 4.78 is 37.7. The van der Waals surface area contributed by atoms with Gasteiger partial charge >= 0.3 is 29.6 Å². The molecule has 0 unspecified atom stereocenters. The van der Waals surface area contributed by atoms with Crippen LogP contribution in [0.5, 0.6) is 5.75 Å². The maximum atomic E-state index is 10.6. The molecule has 0 aliphatic heterocycles. The Hall–Kier alpha value is -0.0700. The zero-order valence-electron chi connectivity index (χ0n) is 16.8. The van der Waals surface area contributed by atoms with E-state index in [-0.39, 0.29) is 35.3 Å². The molecular weight excluding hydrogens is 359 g/mol. The predicted molar refractivity (Wildman–Crippen MR) is 102 cm³/mol. The van der Waals surface area contributed by atoms with Crippen molar-refractivity contribution in [2.75, 3.05) is 12.4 Å². The van der Waals surface area contributed by atoms with E-state index in [1.54, 1.807) is 0 Å². The van der Waals surface area contributed by atoms with Gasteiger partial charge in [-0.15, -0.1) is 0 Å². The first-order chi connectivity index (χ1) is 12.0. The first-order valence-corrected chi connectivity index (χ1v) is 11.2. The van der Waals surface area contributed by atoms with Gasteiger partial charge in [-0.3, -0.25) is 0 Å². The van der Waals surface area contributed by atoms with Crippen molar-refractivity contribution in [3.8, 4) is 5.75 Å². The number of unbranched alkanes of at least 4 members (excludes halogenated alkanes) is 5. The van der Waals surface area contributed by atoms with Crippen LogP contribution in [0.15, 0.2) is 18.2 Å². The molecule has 0 N–H and O–H groups in total. The van der Waals surface area contributed by atoms with Crippen molar-refractivity contribution in [2.45, 2.75) is 78.1 Å². The van der Waals surface area contributed by atoms with E-state index in [0.717, 1.165) is 25.0 Å². The van der Waals surface area contributed by atoms with Gasteiger partial charge in [0.15, 0.2) is 0 Å². The number of hydrogen-bond donors (Lipinski definition) is 0. The van der Waals surface area contributed by atoms with Gasteiger partial charge in [0.2, 0.25) is 0 Å². The Labute approximate surface area is 182 Å². The summed E-state index contributed by atoms with van der Waals surface area (Å²) in [6.45, 7) is 4.86. The fourth-order valence-electron chi connectivity index (χ4n) is 2.83. The largest absolute Gasteiger partial charge is 1.00 e. The van der Waals surface area contributed by atoms with E-state index in [9.17, 15) is 13.0 Å². The average Bonchev–Trinajstić information content (AvgIpc) is 2.55. The van der Waals surface area contributed by atoms with Crippen molar-refractivity contribution in [1.82, 2.24) is 0 Å². The molecule has 4 nitrogen and oxygen atoms in total. The van der Waals surface area contributed by atoms with Crippen LogP contribution in [-0.4, -0.2) is 25.3 Å². The van der Waals surface area contributed by atoms with E-state index in [4.69, 9.17) is 4.74 Å². The van der Waals surface area contributed by atoms with Crippen LogP contribution >= 0.6 is 0 Å². The second-order valence-electron chi connectivity index (χ2n) is 6.67. The molecule has 6 heteroatoms. The fraction of sp³-hybridized carbons (Fsp3) is 0.700. The maximum absolute atomic E-state index is 10.6. The van der Waals surface area contributed by atoms with Crippen LogP contribution in [0.1, 0.15) is 76.3 Å². The second-order valence-corrected chi connectivity index (χ2v) is 8.20. The van der Waals surface area contributed by atoms with Gasteiger partial charge in [-0.25, -0.2) is 8.42 Å². The van der Waals surface area contributed by atoms with Gasteiger partial charge in [-0.2, -0.15) is 0 Å². The minimum atomic E-state index is -4.11. The van der Waals surface area contributed by atoms with Gasteiger partial charge < -0.3 is 9.29 Å². The van der Waals surface area contributed by atoms with E-state index in [0.29, 0.717) is 19.4 Å². The normalized spacial score (nSPS) is 11.2. The molecule has 0 heterocycles. The summed E-state index contributed by atoms with van der Waals surface area (Å²) in [6.07, 6.45) is 10.3. The SMILES string of the molecule is CCCCCc1ccc(OCCCCS(=O)(=O)[O-])c(CCCCC)c1.[Na+]. The van der Waals surface area contributed by atoms with Gasteiger partial charge in [-0.1, -0.05) is 51.7 Å². The van der Waals surface area contributed by atoms with Crippen LogP contribution in [-0.2, 0) is 23.0 Å². The van der Waals surface area contributed by atoms with Crippen molar-refractivity contribution in [3.63, 3.8) is 0 Å². The Morgan fingerprint density at radius 2 is 1.58 bits per heavy atom. The van der Waals surface area contributed by atoms with Crippen molar-refractivity contribution in [3.05, 3.63) is 29.3 Å². The zero-order chi connectivity index (χ0) is 18.5. The smallest absolute Gasteiger partial charge is 0.748 e. The maximum Gasteiger partial charge on any atom is 1.00 e. The van der Waals surface area contributed by atoms with Crippen molar-refractivity contribution < 1.29 is 47.3 Å². The van der Waals surface area contributed by atoms with Crippen LogP contribution in [0, 0.1) is 0 Å². The third kappa shape index (κ3) is 12.3. The van der Waals surface area contributed by atoms with Gasteiger partial charge in [0, 0.05) is 5.75 Å². The van der Waals surface area contributed by atoms with Crippen LogP contribution in [0.2, 0.25) is 0 Å². The van der Waals surface area contributed by atoms with E-state index < -0.39 is 10.1 Å². The molecule has 0 saturated heterocycles. The molecule has 0 bridgehead atoms. The third-order valence-electron chi connectivity index (χ3n) is 4.29. The van der Waals surface area contributed by atoms with Gasteiger partial charge in [0.1, 0.15) is 5.75 Å².